The Balaban J connectivity index is 2.30. The van der Waals surface area contributed by atoms with Crippen LogP contribution in [0.25, 0.3) is 0 Å². The first-order valence-corrected chi connectivity index (χ1v) is 7.09. The number of fused-ring (bicyclic) bond motifs is 1. The summed E-state index contributed by atoms with van der Waals surface area (Å²) in [6, 6.07) is 4.94. The average Bonchev–Trinajstić information content (AvgIpc) is 2.82. The molecular weight excluding hydrogens is 300 g/mol. The van der Waals surface area contributed by atoms with Gasteiger partial charge in [-0.15, -0.1) is 0 Å². The molecule has 1 aliphatic heterocycles. The van der Waals surface area contributed by atoms with Gasteiger partial charge in [0.2, 0.25) is 0 Å². The van der Waals surface area contributed by atoms with Gasteiger partial charge in [0, 0.05) is 30.5 Å². The third-order valence-electron chi connectivity index (χ3n) is 3.41. The molecule has 0 fully saturated rings. The zero-order valence-corrected chi connectivity index (χ0v) is 13.3. The minimum Gasteiger partial charge on any atom is -0.481 e. The topological polar surface area (TPSA) is 78.9 Å². The number of rotatable bonds is 5. The van der Waals surface area contributed by atoms with Crippen LogP contribution in [-0.4, -0.2) is 30.4 Å². The molecular formula is C17H18O6. The van der Waals surface area contributed by atoms with Crippen LogP contribution in [0.5, 0.6) is 5.75 Å². The van der Waals surface area contributed by atoms with E-state index >= 15 is 0 Å². The van der Waals surface area contributed by atoms with Gasteiger partial charge in [-0.1, -0.05) is 6.58 Å². The van der Waals surface area contributed by atoms with Crippen LogP contribution in [0.2, 0.25) is 0 Å². The van der Waals surface area contributed by atoms with Crippen molar-refractivity contribution in [2.24, 2.45) is 0 Å². The van der Waals surface area contributed by atoms with Gasteiger partial charge >= 0.3 is 11.9 Å². The lowest BCUT2D eigenvalue weighted by Gasteiger charge is -2.20. The van der Waals surface area contributed by atoms with Gasteiger partial charge < -0.3 is 14.2 Å². The Morgan fingerprint density at radius 3 is 2.43 bits per heavy atom. The summed E-state index contributed by atoms with van der Waals surface area (Å²) >= 11 is 0. The molecule has 0 N–H and O–H groups in total. The Hall–Kier alpha value is -2.63. The molecule has 2 rings (SSSR count). The number of hydrogen-bond donors (Lipinski definition) is 0. The lowest BCUT2D eigenvalue weighted by atomic mass is 9.99. The van der Waals surface area contributed by atoms with Crippen LogP contribution in [0.1, 0.15) is 42.8 Å². The van der Waals surface area contributed by atoms with Crippen LogP contribution in [0.3, 0.4) is 0 Å². The number of carbonyl (C=O) groups excluding carboxylic acids is 3. The Labute approximate surface area is 134 Å². The monoisotopic (exact) mass is 318 g/mol. The van der Waals surface area contributed by atoms with Gasteiger partial charge in [0.1, 0.15) is 12.4 Å². The maximum absolute atomic E-state index is 11.5. The highest BCUT2D eigenvalue weighted by Gasteiger charge is 2.39. The van der Waals surface area contributed by atoms with E-state index in [9.17, 15) is 14.4 Å². The number of carbonyl (C=O) groups is 3. The Bertz CT molecular complexity index is 676. The van der Waals surface area contributed by atoms with E-state index in [1.165, 1.54) is 20.8 Å². The van der Waals surface area contributed by atoms with E-state index in [0.717, 1.165) is 0 Å². The fraction of sp³-hybridized carbons (Fsp3) is 0.353. The lowest BCUT2D eigenvalue weighted by Crippen LogP contribution is -2.27. The van der Waals surface area contributed by atoms with Crippen molar-refractivity contribution < 1.29 is 28.6 Å². The Morgan fingerprint density at radius 1 is 1.17 bits per heavy atom. The quantitative estimate of drug-likeness (QED) is 0.471. The fourth-order valence-corrected chi connectivity index (χ4v) is 2.34. The molecule has 1 aromatic rings. The molecule has 1 aromatic carbocycles. The molecule has 0 aliphatic carbocycles. The molecule has 0 unspecified atom stereocenters. The number of benzene rings is 1. The minimum absolute atomic E-state index is 0.0364. The molecule has 0 saturated heterocycles. The third-order valence-corrected chi connectivity index (χ3v) is 3.41. The fourth-order valence-electron chi connectivity index (χ4n) is 2.34. The number of ketones is 1. The standard InChI is InChI=1S/C17H18O6/c1-9(8-21-11(3)19)16-17(22-12(4)20)14-7-13(10(2)18)5-6-15(14)23-16/h5-7,16-17H,1,8H2,2-4H3/t16-,17-/m1/s1. The van der Waals surface area contributed by atoms with Crippen molar-refractivity contribution in [3.05, 3.63) is 41.5 Å². The first kappa shape index (κ1) is 16.7. The number of esters is 2. The molecule has 6 nitrogen and oxygen atoms in total. The lowest BCUT2D eigenvalue weighted by molar-refractivity contribution is -0.150. The molecule has 122 valence electrons. The highest BCUT2D eigenvalue weighted by molar-refractivity contribution is 5.94. The van der Waals surface area contributed by atoms with E-state index < -0.39 is 24.1 Å². The van der Waals surface area contributed by atoms with Crippen molar-refractivity contribution in [1.82, 2.24) is 0 Å². The van der Waals surface area contributed by atoms with Crippen molar-refractivity contribution >= 4 is 17.7 Å². The predicted octanol–water partition coefficient (Wildman–Crippen LogP) is 2.37. The van der Waals surface area contributed by atoms with Crippen LogP contribution >= 0.6 is 0 Å². The first-order chi connectivity index (χ1) is 10.8. The van der Waals surface area contributed by atoms with Crippen molar-refractivity contribution in [3.8, 4) is 5.75 Å². The second kappa shape index (κ2) is 6.64. The SMILES string of the molecule is C=C(COC(C)=O)[C@H]1Oc2ccc(C(C)=O)cc2[C@H]1OC(C)=O. The second-order valence-electron chi connectivity index (χ2n) is 5.32. The van der Waals surface area contributed by atoms with Crippen molar-refractivity contribution in [3.63, 3.8) is 0 Å². The summed E-state index contributed by atoms with van der Waals surface area (Å²) in [6.07, 6.45) is -1.40. The van der Waals surface area contributed by atoms with Crippen molar-refractivity contribution in [2.45, 2.75) is 33.0 Å². The van der Waals surface area contributed by atoms with Crippen LogP contribution in [0.4, 0.5) is 0 Å². The molecule has 1 heterocycles. The van der Waals surface area contributed by atoms with E-state index in [1.54, 1.807) is 18.2 Å². The zero-order chi connectivity index (χ0) is 17.1. The van der Waals surface area contributed by atoms with E-state index in [2.05, 4.69) is 6.58 Å². The molecule has 0 bridgehead atoms. The summed E-state index contributed by atoms with van der Waals surface area (Å²) in [6.45, 7) is 7.85. The van der Waals surface area contributed by atoms with Crippen LogP contribution in [0, 0.1) is 0 Å². The molecule has 6 heteroatoms. The number of hydrogen-bond acceptors (Lipinski definition) is 6. The molecule has 0 aromatic heterocycles. The Kier molecular flexibility index (Phi) is 4.83. The normalized spacial score (nSPS) is 18.6. The second-order valence-corrected chi connectivity index (χ2v) is 5.32. The van der Waals surface area contributed by atoms with Gasteiger partial charge in [0.05, 0.1) is 0 Å². The largest absolute Gasteiger partial charge is 0.481 e. The molecule has 0 radical (unpaired) electrons. The summed E-state index contributed by atoms with van der Waals surface area (Å²) in [4.78, 5) is 33.9. The van der Waals surface area contributed by atoms with Crippen LogP contribution in [-0.2, 0) is 19.1 Å². The highest BCUT2D eigenvalue weighted by Crippen LogP contribution is 2.42. The first-order valence-electron chi connectivity index (χ1n) is 7.09. The molecule has 0 amide bonds. The Morgan fingerprint density at radius 2 is 1.87 bits per heavy atom. The number of Topliss-reactive ketones (excluding diaryl/α,β-unsaturated/α-hetero) is 1. The van der Waals surface area contributed by atoms with Gasteiger partial charge in [-0.25, -0.2) is 0 Å². The van der Waals surface area contributed by atoms with Gasteiger partial charge in [-0.05, 0) is 25.1 Å². The summed E-state index contributed by atoms with van der Waals surface area (Å²) in [7, 11) is 0. The number of ether oxygens (including phenoxy) is 3. The van der Waals surface area contributed by atoms with Gasteiger partial charge in [0.25, 0.3) is 0 Å². The predicted molar refractivity (Wildman–Crippen MR) is 81.1 cm³/mol. The van der Waals surface area contributed by atoms with Crippen LogP contribution < -0.4 is 4.74 Å². The molecule has 1 aliphatic rings. The molecule has 0 spiro atoms. The summed E-state index contributed by atoms with van der Waals surface area (Å²) in [5, 5.41) is 0. The van der Waals surface area contributed by atoms with Crippen molar-refractivity contribution in [2.75, 3.05) is 6.61 Å². The zero-order valence-electron chi connectivity index (χ0n) is 13.3. The highest BCUT2D eigenvalue weighted by atomic mass is 16.6. The van der Waals surface area contributed by atoms with E-state index in [-0.39, 0.29) is 12.4 Å². The van der Waals surface area contributed by atoms with E-state index in [1.807, 2.05) is 0 Å². The van der Waals surface area contributed by atoms with Gasteiger partial charge in [0.15, 0.2) is 18.0 Å². The molecule has 0 saturated carbocycles. The van der Waals surface area contributed by atoms with Gasteiger partial charge in [-0.3, -0.25) is 14.4 Å². The smallest absolute Gasteiger partial charge is 0.303 e. The summed E-state index contributed by atoms with van der Waals surface area (Å²) in [5.41, 5.74) is 1.56. The van der Waals surface area contributed by atoms with E-state index in [4.69, 9.17) is 14.2 Å². The van der Waals surface area contributed by atoms with Gasteiger partial charge in [-0.2, -0.15) is 0 Å². The van der Waals surface area contributed by atoms with Crippen LogP contribution in [0.15, 0.2) is 30.4 Å². The summed E-state index contributed by atoms with van der Waals surface area (Å²) < 4.78 is 16.0. The maximum atomic E-state index is 11.5. The minimum atomic E-state index is -0.732. The molecule has 23 heavy (non-hydrogen) atoms. The average molecular weight is 318 g/mol. The molecule has 2 atom stereocenters. The third kappa shape index (κ3) is 3.77. The maximum Gasteiger partial charge on any atom is 0.303 e. The summed E-state index contributed by atoms with van der Waals surface area (Å²) in [5.74, 6) is -0.513. The van der Waals surface area contributed by atoms with E-state index in [0.29, 0.717) is 22.4 Å². The van der Waals surface area contributed by atoms with Crippen molar-refractivity contribution in [1.29, 1.82) is 0 Å².